The third kappa shape index (κ3) is 4.29. The molecule has 0 saturated carbocycles. The molecule has 1 aliphatic heterocycles. The van der Waals surface area contributed by atoms with Crippen LogP contribution in [0.4, 0.5) is 0 Å². The average Bonchev–Trinajstić information content (AvgIpc) is 3.35. The molecule has 1 atom stereocenters. The molecular weight excluding hydrogens is 368 g/mol. The highest BCUT2D eigenvalue weighted by Crippen LogP contribution is 2.32. The van der Waals surface area contributed by atoms with E-state index in [0.29, 0.717) is 6.54 Å². The standard InChI is InChI=1S/C22H24N4OS/c1-22(21(27)24-13-18-9-5-6-11-23-18)10-12-26(16-22)14-19-15-28-20(25-19)17-7-3-2-4-8-17/h2-9,11,15H,10,12-14,16H2,1H3,(H,24,27). The zero-order chi connectivity index (χ0) is 19.4. The van der Waals surface area contributed by atoms with Gasteiger partial charge in [0.2, 0.25) is 5.91 Å². The predicted octanol–water partition coefficient (Wildman–Crippen LogP) is 3.73. The van der Waals surface area contributed by atoms with E-state index in [1.165, 1.54) is 0 Å². The van der Waals surface area contributed by atoms with Crippen LogP contribution in [0.1, 0.15) is 24.7 Å². The van der Waals surface area contributed by atoms with E-state index in [9.17, 15) is 4.79 Å². The van der Waals surface area contributed by atoms with E-state index in [0.717, 1.165) is 48.0 Å². The number of hydrogen-bond donors (Lipinski definition) is 1. The lowest BCUT2D eigenvalue weighted by atomic mass is 9.88. The van der Waals surface area contributed by atoms with E-state index >= 15 is 0 Å². The first-order valence-electron chi connectivity index (χ1n) is 9.53. The van der Waals surface area contributed by atoms with Gasteiger partial charge < -0.3 is 5.32 Å². The highest BCUT2D eigenvalue weighted by Gasteiger charge is 2.40. The van der Waals surface area contributed by atoms with Crippen LogP contribution in [0, 0.1) is 5.41 Å². The van der Waals surface area contributed by atoms with Gasteiger partial charge >= 0.3 is 0 Å². The molecule has 1 aliphatic rings. The summed E-state index contributed by atoms with van der Waals surface area (Å²) in [4.78, 5) is 24.1. The summed E-state index contributed by atoms with van der Waals surface area (Å²) in [7, 11) is 0. The lowest BCUT2D eigenvalue weighted by molar-refractivity contribution is -0.129. The molecule has 0 aliphatic carbocycles. The van der Waals surface area contributed by atoms with Gasteiger partial charge in [-0.1, -0.05) is 36.4 Å². The highest BCUT2D eigenvalue weighted by molar-refractivity contribution is 7.13. The molecular formula is C22H24N4OS. The first kappa shape index (κ1) is 18.8. The van der Waals surface area contributed by atoms with Crippen molar-refractivity contribution in [2.45, 2.75) is 26.4 Å². The summed E-state index contributed by atoms with van der Waals surface area (Å²) >= 11 is 1.67. The Morgan fingerprint density at radius 3 is 2.79 bits per heavy atom. The van der Waals surface area contributed by atoms with Crippen LogP contribution in [-0.2, 0) is 17.9 Å². The second-order valence-corrected chi connectivity index (χ2v) is 8.39. The van der Waals surface area contributed by atoms with Crippen molar-refractivity contribution in [3.05, 3.63) is 71.5 Å². The topological polar surface area (TPSA) is 58.1 Å². The minimum Gasteiger partial charge on any atom is -0.350 e. The largest absolute Gasteiger partial charge is 0.350 e. The molecule has 0 bridgehead atoms. The van der Waals surface area contributed by atoms with E-state index < -0.39 is 0 Å². The summed E-state index contributed by atoms with van der Waals surface area (Å²) < 4.78 is 0. The minimum absolute atomic E-state index is 0.101. The number of hydrogen-bond acceptors (Lipinski definition) is 5. The number of aromatic nitrogens is 2. The fourth-order valence-electron chi connectivity index (χ4n) is 3.59. The van der Waals surface area contributed by atoms with Crippen molar-refractivity contribution in [3.63, 3.8) is 0 Å². The van der Waals surface area contributed by atoms with E-state index in [-0.39, 0.29) is 11.3 Å². The van der Waals surface area contributed by atoms with Crippen LogP contribution in [0.15, 0.2) is 60.1 Å². The second kappa shape index (κ2) is 8.20. The first-order valence-corrected chi connectivity index (χ1v) is 10.4. The summed E-state index contributed by atoms with van der Waals surface area (Å²) in [6.07, 6.45) is 2.61. The molecule has 0 spiro atoms. The van der Waals surface area contributed by atoms with Gasteiger partial charge in [0.05, 0.1) is 23.3 Å². The van der Waals surface area contributed by atoms with E-state index in [1.54, 1.807) is 17.5 Å². The Hall–Kier alpha value is -2.57. The number of nitrogens with zero attached hydrogens (tertiary/aromatic N) is 3. The molecule has 3 heterocycles. The molecule has 1 aromatic carbocycles. The second-order valence-electron chi connectivity index (χ2n) is 7.54. The smallest absolute Gasteiger partial charge is 0.227 e. The summed E-state index contributed by atoms with van der Waals surface area (Å²) in [5.74, 6) is 0.101. The summed E-state index contributed by atoms with van der Waals surface area (Å²) in [6, 6.07) is 16.0. The number of pyridine rings is 1. The fourth-order valence-corrected chi connectivity index (χ4v) is 4.40. The number of carbonyl (C=O) groups is 1. The van der Waals surface area contributed by atoms with Crippen LogP contribution in [0.5, 0.6) is 0 Å². The Kier molecular flexibility index (Phi) is 5.50. The maximum absolute atomic E-state index is 12.7. The molecule has 1 fully saturated rings. The molecule has 4 rings (SSSR count). The lowest BCUT2D eigenvalue weighted by Crippen LogP contribution is -2.40. The van der Waals surface area contributed by atoms with Crippen LogP contribution in [0.2, 0.25) is 0 Å². The van der Waals surface area contributed by atoms with Crippen molar-refractivity contribution in [2.75, 3.05) is 13.1 Å². The summed E-state index contributed by atoms with van der Waals surface area (Å²) in [6.45, 7) is 4.97. The van der Waals surface area contributed by atoms with Gasteiger partial charge in [-0.25, -0.2) is 4.98 Å². The molecule has 5 nitrogen and oxygen atoms in total. The van der Waals surface area contributed by atoms with E-state index in [2.05, 4.69) is 39.6 Å². The van der Waals surface area contributed by atoms with Gasteiger partial charge in [-0.05, 0) is 32.0 Å². The Labute approximate surface area is 169 Å². The molecule has 1 saturated heterocycles. The number of carbonyl (C=O) groups excluding carboxylic acids is 1. The number of likely N-dealkylation sites (tertiary alicyclic amines) is 1. The molecule has 1 unspecified atom stereocenters. The van der Waals surface area contributed by atoms with Gasteiger partial charge in [0.15, 0.2) is 0 Å². The lowest BCUT2D eigenvalue weighted by Gasteiger charge is -2.23. The van der Waals surface area contributed by atoms with Crippen molar-refractivity contribution in [1.82, 2.24) is 20.2 Å². The summed E-state index contributed by atoms with van der Waals surface area (Å²) in [5.41, 5.74) is 2.73. The van der Waals surface area contributed by atoms with Gasteiger partial charge in [-0.15, -0.1) is 11.3 Å². The molecule has 1 amide bonds. The van der Waals surface area contributed by atoms with Crippen LogP contribution < -0.4 is 5.32 Å². The number of rotatable bonds is 6. The van der Waals surface area contributed by atoms with Crippen molar-refractivity contribution in [1.29, 1.82) is 0 Å². The zero-order valence-electron chi connectivity index (χ0n) is 16.0. The quantitative estimate of drug-likeness (QED) is 0.694. The molecule has 2 aromatic heterocycles. The Balaban J connectivity index is 1.33. The van der Waals surface area contributed by atoms with Crippen molar-refractivity contribution >= 4 is 17.2 Å². The first-order chi connectivity index (χ1) is 13.6. The van der Waals surface area contributed by atoms with Crippen molar-refractivity contribution in [3.8, 4) is 10.6 Å². The van der Waals surface area contributed by atoms with Crippen LogP contribution in [0.25, 0.3) is 10.6 Å². The van der Waals surface area contributed by atoms with Crippen LogP contribution in [-0.4, -0.2) is 33.9 Å². The number of amides is 1. The van der Waals surface area contributed by atoms with Crippen LogP contribution in [0.3, 0.4) is 0 Å². The molecule has 1 N–H and O–H groups in total. The normalized spacial score (nSPS) is 19.6. The van der Waals surface area contributed by atoms with Crippen LogP contribution >= 0.6 is 11.3 Å². The third-order valence-electron chi connectivity index (χ3n) is 5.21. The molecule has 6 heteroatoms. The third-order valence-corrected chi connectivity index (χ3v) is 6.16. The summed E-state index contributed by atoms with van der Waals surface area (Å²) in [5, 5.41) is 6.22. The Morgan fingerprint density at radius 2 is 2.00 bits per heavy atom. The Morgan fingerprint density at radius 1 is 1.18 bits per heavy atom. The molecule has 144 valence electrons. The number of benzene rings is 1. The van der Waals surface area contributed by atoms with E-state index in [4.69, 9.17) is 4.98 Å². The van der Waals surface area contributed by atoms with Gasteiger partial charge in [0.1, 0.15) is 5.01 Å². The maximum atomic E-state index is 12.7. The number of thiazole rings is 1. The van der Waals surface area contributed by atoms with E-state index in [1.807, 2.05) is 36.4 Å². The number of nitrogens with one attached hydrogen (secondary N) is 1. The van der Waals surface area contributed by atoms with Crippen molar-refractivity contribution < 1.29 is 4.79 Å². The van der Waals surface area contributed by atoms with Crippen molar-refractivity contribution in [2.24, 2.45) is 5.41 Å². The predicted molar refractivity (Wildman–Crippen MR) is 112 cm³/mol. The van der Waals surface area contributed by atoms with Gasteiger partial charge in [0.25, 0.3) is 0 Å². The zero-order valence-corrected chi connectivity index (χ0v) is 16.8. The van der Waals surface area contributed by atoms with Gasteiger partial charge in [-0.2, -0.15) is 0 Å². The monoisotopic (exact) mass is 392 g/mol. The fraction of sp³-hybridized carbons (Fsp3) is 0.318. The van der Waals surface area contributed by atoms with Gasteiger partial charge in [0, 0.05) is 30.2 Å². The Bertz CT molecular complexity index is 928. The minimum atomic E-state index is -0.368. The highest BCUT2D eigenvalue weighted by atomic mass is 32.1. The molecule has 0 radical (unpaired) electrons. The maximum Gasteiger partial charge on any atom is 0.227 e. The molecule has 3 aromatic rings. The average molecular weight is 393 g/mol. The molecule has 28 heavy (non-hydrogen) atoms. The SMILES string of the molecule is CC1(C(=O)NCc2ccccn2)CCN(Cc2csc(-c3ccccc3)n2)C1. The van der Waals surface area contributed by atoms with Gasteiger partial charge in [-0.3, -0.25) is 14.7 Å².